The first kappa shape index (κ1) is 24.0. The molecule has 5 aromatic carbocycles. The van der Waals surface area contributed by atoms with Gasteiger partial charge in [0.15, 0.2) is 0 Å². The normalized spacial score (nSPS) is 11.2. The summed E-state index contributed by atoms with van der Waals surface area (Å²) in [5, 5.41) is 11.0. The SMILES string of the molecule is C/C=C(\c1ccccc1C)N(c1ccccc1)c1cc(O)cc(N(c2ccccc2)c2ccccc2)c1. The van der Waals surface area contributed by atoms with Crippen molar-refractivity contribution in [3.05, 3.63) is 151 Å². The molecule has 0 amide bonds. The monoisotopic (exact) mass is 482 g/mol. The average Bonchev–Trinajstić information content (AvgIpc) is 2.94. The Morgan fingerprint density at radius 2 is 1.05 bits per heavy atom. The molecule has 0 saturated heterocycles. The summed E-state index contributed by atoms with van der Waals surface area (Å²) in [4.78, 5) is 4.37. The number of hydrogen-bond acceptors (Lipinski definition) is 3. The maximum absolute atomic E-state index is 11.0. The summed E-state index contributed by atoms with van der Waals surface area (Å²) in [7, 11) is 0. The number of allylic oxidation sites excluding steroid dienone is 1. The van der Waals surface area contributed by atoms with Gasteiger partial charge in [0.05, 0.1) is 11.4 Å². The highest BCUT2D eigenvalue weighted by molar-refractivity contribution is 5.91. The van der Waals surface area contributed by atoms with Crippen LogP contribution in [-0.2, 0) is 0 Å². The van der Waals surface area contributed by atoms with Gasteiger partial charge in [-0.05, 0) is 61.9 Å². The van der Waals surface area contributed by atoms with Crippen LogP contribution in [0.3, 0.4) is 0 Å². The first-order chi connectivity index (χ1) is 18.2. The van der Waals surface area contributed by atoms with Crippen LogP contribution in [0.5, 0.6) is 5.75 Å². The van der Waals surface area contributed by atoms with Crippen LogP contribution in [0.2, 0.25) is 0 Å². The molecule has 0 bridgehead atoms. The second kappa shape index (κ2) is 10.9. The minimum absolute atomic E-state index is 0.200. The van der Waals surface area contributed by atoms with E-state index in [0.717, 1.165) is 39.7 Å². The molecule has 3 nitrogen and oxygen atoms in total. The van der Waals surface area contributed by atoms with Crippen molar-refractivity contribution in [3.8, 4) is 5.75 Å². The van der Waals surface area contributed by atoms with Gasteiger partial charge in [0.1, 0.15) is 5.75 Å². The summed E-state index contributed by atoms with van der Waals surface area (Å²) in [6, 6.07) is 44.9. The summed E-state index contributed by atoms with van der Waals surface area (Å²) < 4.78 is 0. The lowest BCUT2D eigenvalue weighted by atomic mass is 10.0. The molecule has 0 radical (unpaired) electrons. The predicted molar refractivity (Wildman–Crippen MR) is 156 cm³/mol. The number of aryl methyl sites for hydroxylation is 1. The van der Waals surface area contributed by atoms with E-state index in [2.05, 4.69) is 96.5 Å². The molecule has 5 aromatic rings. The second-order valence-electron chi connectivity index (χ2n) is 8.87. The zero-order valence-corrected chi connectivity index (χ0v) is 21.1. The fourth-order valence-electron chi connectivity index (χ4n) is 4.71. The van der Waals surface area contributed by atoms with E-state index in [1.54, 1.807) is 0 Å². The van der Waals surface area contributed by atoms with Crippen LogP contribution in [-0.4, -0.2) is 5.11 Å². The summed E-state index contributed by atoms with van der Waals surface area (Å²) in [5.41, 5.74) is 8.16. The third-order valence-electron chi connectivity index (χ3n) is 6.38. The van der Waals surface area contributed by atoms with Gasteiger partial charge < -0.3 is 14.9 Å². The Labute approximate surface area is 219 Å². The zero-order chi connectivity index (χ0) is 25.6. The lowest BCUT2D eigenvalue weighted by Gasteiger charge is -2.31. The Morgan fingerprint density at radius 1 is 0.568 bits per heavy atom. The molecule has 0 aliphatic carbocycles. The Kier molecular flexibility index (Phi) is 7.05. The van der Waals surface area contributed by atoms with Gasteiger partial charge in [-0.1, -0.05) is 84.9 Å². The Balaban J connectivity index is 1.72. The Bertz CT molecular complexity index is 1460. The van der Waals surface area contributed by atoms with Gasteiger partial charge in [-0.2, -0.15) is 0 Å². The largest absolute Gasteiger partial charge is 0.508 e. The van der Waals surface area contributed by atoms with Crippen molar-refractivity contribution >= 4 is 34.1 Å². The molecule has 0 aromatic heterocycles. The molecule has 1 N–H and O–H groups in total. The van der Waals surface area contributed by atoms with E-state index in [9.17, 15) is 5.11 Å². The van der Waals surface area contributed by atoms with Crippen molar-refractivity contribution in [2.24, 2.45) is 0 Å². The standard InChI is InChI=1S/C34H30N2O/c1-3-34(33-22-14-13-15-26(33)2)36(29-20-11-6-12-21-29)31-23-30(24-32(37)25-31)35(27-16-7-4-8-17-27)28-18-9-5-10-19-28/h3-25,37H,1-2H3/b34-3+. The molecule has 3 heteroatoms. The van der Waals surface area contributed by atoms with Crippen molar-refractivity contribution in [3.63, 3.8) is 0 Å². The highest BCUT2D eigenvalue weighted by Crippen LogP contribution is 2.42. The number of aromatic hydroxyl groups is 1. The molecule has 0 spiro atoms. The van der Waals surface area contributed by atoms with Crippen LogP contribution >= 0.6 is 0 Å². The average molecular weight is 483 g/mol. The highest BCUT2D eigenvalue weighted by Gasteiger charge is 2.21. The molecule has 0 unspecified atom stereocenters. The minimum atomic E-state index is 0.200. The number of nitrogens with zero attached hydrogens (tertiary/aromatic N) is 2. The van der Waals surface area contributed by atoms with Crippen LogP contribution < -0.4 is 9.80 Å². The lowest BCUT2D eigenvalue weighted by molar-refractivity contribution is 0.475. The fourth-order valence-corrected chi connectivity index (χ4v) is 4.71. The van der Waals surface area contributed by atoms with E-state index in [1.165, 1.54) is 5.56 Å². The zero-order valence-electron chi connectivity index (χ0n) is 21.1. The van der Waals surface area contributed by atoms with E-state index < -0.39 is 0 Å². The van der Waals surface area contributed by atoms with Gasteiger partial charge in [-0.15, -0.1) is 0 Å². The van der Waals surface area contributed by atoms with Crippen LogP contribution in [0.25, 0.3) is 5.70 Å². The molecule has 0 saturated carbocycles. The van der Waals surface area contributed by atoms with Gasteiger partial charge in [-0.25, -0.2) is 0 Å². The number of phenols is 1. The van der Waals surface area contributed by atoms with Gasteiger partial charge >= 0.3 is 0 Å². The second-order valence-corrected chi connectivity index (χ2v) is 8.87. The molecule has 37 heavy (non-hydrogen) atoms. The number of hydrogen-bond donors (Lipinski definition) is 1. The molecular formula is C34H30N2O. The predicted octanol–water partition coefficient (Wildman–Crippen LogP) is 9.37. The van der Waals surface area contributed by atoms with Gasteiger partial charge in [0, 0.05) is 40.5 Å². The third-order valence-corrected chi connectivity index (χ3v) is 6.38. The van der Waals surface area contributed by atoms with Crippen LogP contribution in [0.1, 0.15) is 18.1 Å². The van der Waals surface area contributed by atoms with E-state index >= 15 is 0 Å². The molecule has 0 atom stereocenters. The number of anilines is 5. The number of benzene rings is 5. The van der Waals surface area contributed by atoms with Gasteiger partial charge in [-0.3, -0.25) is 0 Å². The molecule has 0 aliphatic heterocycles. The van der Waals surface area contributed by atoms with Crippen molar-refractivity contribution in [1.29, 1.82) is 0 Å². The topological polar surface area (TPSA) is 26.7 Å². The molecule has 182 valence electrons. The van der Waals surface area contributed by atoms with Crippen molar-refractivity contribution in [2.75, 3.05) is 9.80 Å². The number of para-hydroxylation sites is 3. The summed E-state index contributed by atoms with van der Waals surface area (Å²) in [6.07, 6.45) is 2.13. The van der Waals surface area contributed by atoms with Crippen LogP contribution in [0.4, 0.5) is 28.4 Å². The number of rotatable bonds is 7. The first-order valence-corrected chi connectivity index (χ1v) is 12.5. The molecule has 0 heterocycles. The highest BCUT2D eigenvalue weighted by atomic mass is 16.3. The van der Waals surface area contributed by atoms with Gasteiger partial charge in [0.25, 0.3) is 0 Å². The summed E-state index contributed by atoms with van der Waals surface area (Å²) in [6.45, 7) is 4.18. The maximum atomic E-state index is 11.0. The Morgan fingerprint density at radius 3 is 1.59 bits per heavy atom. The summed E-state index contributed by atoms with van der Waals surface area (Å²) in [5.74, 6) is 0.200. The molecule has 5 rings (SSSR count). The lowest BCUT2D eigenvalue weighted by Crippen LogP contribution is -2.17. The van der Waals surface area contributed by atoms with Crippen molar-refractivity contribution < 1.29 is 5.11 Å². The number of phenolic OH excluding ortho intramolecular Hbond substituents is 1. The quantitative estimate of drug-likeness (QED) is 0.250. The van der Waals surface area contributed by atoms with E-state index in [4.69, 9.17) is 0 Å². The van der Waals surface area contributed by atoms with Crippen LogP contribution in [0.15, 0.2) is 140 Å². The molecule has 0 aliphatic rings. The van der Waals surface area contributed by atoms with Crippen molar-refractivity contribution in [1.82, 2.24) is 0 Å². The molecular weight excluding hydrogens is 452 g/mol. The van der Waals surface area contributed by atoms with E-state index in [0.29, 0.717) is 0 Å². The first-order valence-electron chi connectivity index (χ1n) is 12.5. The van der Waals surface area contributed by atoms with E-state index in [-0.39, 0.29) is 5.75 Å². The molecule has 0 fully saturated rings. The van der Waals surface area contributed by atoms with Crippen molar-refractivity contribution in [2.45, 2.75) is 13.8 Å². The maximum Gasteiger partial charge on any atom is 0.119 e. The van der Waals surface area contributed by atoms with E-state index in [1.807, 2.05) is 66.7 Å². The van der Waals surface area contributed by atoms with Crippen LogP contribution in [0, 0.1) is 6.92 Å². The fraction of sp³-hybridized carbons (Fsp3) is 0.0588. The Hall–Kier alpha value is -4.76. The van der Waals surface area contributed by atoms with Gasteiger partial charge in [0.2, 0.25) is 0 Å². The minimum Gasteiger partial charge on any atom is -0.508 e. The smallest absolute Gasteiger partial charge is 0.119 e. The summed E-state index contributed by atoms with van der Waals surface area (Å²) >= 11 is 0. The third kappa shape index (κ3) is 5.12.